The van der Waals surface area contributed by atoms with E-state index in [9.17, 15) is 0 Å². The molecule has 5 heteroatoms. The summed E-state index contributed by atoms with van der Waals surface area (Å²) in [5.41, 5.74) is 16.7. The summed E-state index contributed by atoms with van der Waals surface area (Å²) in [4.78, 5) is 16.2. The standard InChI is InChI=1S/C73H82N4O/c1-46(2)57-31-25-32-58(47(3)4)66(57)52-41-53(43-56(42-52)78-55-37-38-62-64(45-55)76(63-36-24-23-35-61(63)71(62,12)13)65-44-54(39-40-74-65)70(9,10)11)69-75-72(14,15)73(16,67(50-27-19-17-20-28-50)51-29-21-18-22-30-51)77(69)68-59(48(5)6)33-26-34-60(68)49(7)8/h17-49,67H,1-16H3/t73-/m0/s1. The van der Waals surface area contributed by atoms with Crippen LogP contribution < -0.4 is 14.5 Å². The van der Waals surface area contributed by atoms with E-state index in [0.29, 0.717) is 0 Å². The van der Waals surface area contributed by atoms with Crippen LogP contribution in [0.1, 0.15) is 196 Å². The van der Waals surface area contributed by atoms with E-state index in [1.807, 2.05) is 6.20 Å². The van der Waals surface area contributed by atoms with Gasteiger partial charge in [-0.2, -0.15) is 0 Å². The van der Waals surface area contributed by atoms with E-state index in [1.165, 1.54) is 61.3 Å². The van der Waals surface area contributed by atoms with Gasteiger partial charge in [-0.15, -0.1) is 0 Å². The van der Waals surface area contributed by atoms with E-state index < -0.39 is 11.1 Å². The van der Waals surface area contributed by atoms with Gasteiger partial charge in [0.2, 0.25) is 0 Å². The average molecular weight is 1030 g/mol. The van der Waals surface area contributed by atoms with Crippen LogP contribution in [-0.4, -0.2) is 21.9 Å². The van der Waals surface area contributed by atoms with Crippen LogP contribution >= 0.6 is 0 Å². The summed E-state index contributed by atoms with van der Waals surface area (Å²) < 4.78 is 7.46. The molecular formula is C73H82N4O. The number of fused-ring (bicyclic) bond motifs is 2. The number of rotatable bonds is 13. The number of benzene rings is 7. The molecule has 0 amide bonds. The van der Waals surface area contributed by atoms with Crippen molar-refractivity contribution in [2.75, 3.05) is 9.80 Å². The van der Waals surface area contributed by atoms with Gasteiger partial charge in [0.1, 0.15) is 23.2 Å². The summed E-state index contributed by atoms with van der Waals surface area (Å²) >= 11 is 0. The van der Waals surface area contributed by atoms with Gasteiger partial charge in [0, 0.05) is 29.2 Å². The monoisotopic (exact) mass is 1030 g/mol. The molecule has 2 aliphatic rings. The molecule has 8 aromatic rings. The highest BCUT2D eigenvalue weighted by Gasteiger charge is 2.59. The lowest BCUT2D eigenvalue weighted by Crippen LogP contribution is -2.60. The SMILES string of the molecule is CC(C)c1cccc(C(C)C)c1-c1cc(Oc2ccc3c(c2)N(c2cc(C(C)(C)C)ccn2)c2ccccc2C3(C)C)cc(C2=NC(C)(C)[C@](C)(C(c3ccccc3)c3ccccc3)N2c2c(C(C)C)cccc2C(C)C)c1. The van der Waals surface area contributed by atoms with Gasteiger partial charge in [0.25, 0.3) is 0 Å². The first-order valence-electron chi connectivity index (χ1n) is 28.6. The van der Waals surface area contributed by atoms with Gasteiger partial charge in [-0.1, -0.05) is 211 Å². The van der Waals surface area contributed by atoms with Crippen LogP contribution in [0.25, 0.3) is 11.1 Å². The Bertz CT molecular complexity index is 3430. The molecular weight excluding hydrogens is 949 g/mol. The average Bonchev–Trinajstić information content (AvgIpc) is 3.90. The lowest BCUT2D eigenvalue weighted by molar-refractivity contribution is 0.279. The smallest absolute Gasteiger partial charge is 0.137 e. The Kier molecular flexibility index (Phi) is 14.2. The van der Waals surface area contributed by atoms with Crippen molar-refractivity contribution in [1.29, 1.82) is 0 Å². The van der Waals surface area contributed by atoms with Crippen LogP contribution in [0, 0.1) is 0 Å². The Morgan fingerprint density at radius 1 is 0.487 bits per heavy atom. The maximum Gasteiger partial charge on any atom is 0.137 e. The number of pyridine rings is 1. The molecule has 0 bridgehead atoms. The fraction of sp³-hybridized carbons (Fsp3) is 0.342. The molecule has 5 nitrogen and oxygen atoms in total. The summed E-state index contributed by atoms with van der Waals surface area (Å²) in [6, 6.07) is 62.9. The number of hydrogen-bond acceptors (Lipinski definition) is 5. The minimum absolute atomic E-state index is 0.0600. The van der Waals surface area contributed by atoms with Crippen LogP contribution in [0.2, 0.25) is 0 Å². The first kappa shape index (κ1) is 54.1. The fourth-order valence-electron chi connectivity index (χ4n) is 12.8. The van der Waals surface area contributed by atoms with Crippen molar-refractivity contribution >= 4 is 28.7 Å². The lowest BCUT2D eigenvalue weighted by Gasteiger charge is -2.51. The van der Waals surface area contributed by atoms with Crippen molar-refractivity contribution in [3.63, 3.8) is 0 Å². The van der Waals surface area contributed by atoms with Gasteiger partial charge in [-0.3, -0.25) is 9.89 Å². The molecule has 1 atom stereocenters. The van der Waals surface area contributed by atoms with Crippen LogP contribution in [-0.2, 0) is 10.8 Å². The van der Waals surface area contributed by atoms with Gasteiger partial charge in [0.15, 0.2) is 0 Å². The van der Waals surface area contributed by atoms with Crippen LogP contribution in [0.15, 0.2) is 181 Å². The lowest BCUT2D eigenvalue weighted by atomic mass is 9.66. The first-order valence-corrected chi connectivity index (χ1v) is 28.6. The van der Waals surface area contributed by atoms with Gasteiger partial charge >= 0.3 is 0 Å². The van der Waals surface area contributed by atoms with Crippen molar-refractivity contribution in [2.24, 2.45) is 4.99 Å². The molecule has 7 aromatic carbocycles. The second-order valence-corrected chi connectivity index (χ2v) is 25.6. The summed E-state index contributed by atoms with van der Waals surface area (Å²) in [6.07, 6.45) is 1.96. The second kappa shape index (κ2) is 20.5. The number of aliphatic imine (C=N–C) groups is 1. The number of aromatic nitrogens is 1. The zero-order chi connectivity index (χ0) is 55.6. The van der Waals surface area contributed by atoms with Gasteiger partial charge in [-0.05, 0) is 154 Å². The molecule has 10 rings (SSSR count). The summed E-state index contributed by atoms with van der Waals surface area (Å²) in [6.45, 7) is 37.3. The van der Waals surface area contributed by atoms with E-state index in [2.05, 4.69) is 290 Å². The molecule has 0 unspecified atom stereocenters. The summed E-state index contributed by atoms with van der Waals surface area (Å²) in [5.74, 6) is 4.29. The number of hydrogen-bond donors (Lipinski definition) is 0. The number of anilines is 4. The molecule has 0 saturated heterocycles. The number of nitrogens with zero attached hydrogens (tertiary/aromatic N) is 4. The van der Waals surface area contributed by atoms with E-state index in [4.69, 9.17) is 14.7 Å². The molecule has 3 heterocycles. The van der Waals surface area contributed by atoms with Gasteiger partial charge < -0.3 is 9.64 Å². The minimum Gasteiger partial charge on any atom is -0.457 e. The summed E-state index contributed by atoms with van der Waals surface area (Å²) in [5, 5.41) is 0. The van der Waals surface area contributed by atoms with Crippen molar-refractivity contribution in [3.8, 4) is 22.6 Å². The highest BCUT2D eigenvalue weighted by molar-refractivity contribution is 6.15. The molecule has 1 aromatic heterocycles. The van der Waals surface area contributed by atoms with E-state index in [1.54, 1.807) is 0 Å². The molecule has 400 valence electrons. The molecule has 78 heavy (non-hydrogen) atoms. The summed E-state index contributed by atoms with van der Waals surface area (Å²) in [7, 11) is 0. The predicted octanol–water partition coefficient (Wildman–Crippen LogP) is 20.1. The molecule has 0 fully saturated rings. The van der Waals surface area contributed by atoms with Crippen molar-refractivity contribution < 1.29 is 4.74 Å². The topological polar surface area (TPSA) is 41.0 Å². The third-order valence-electron chi connectivity index (χ3n) is 17.3. The zero-order valence-electron chi connectivity index (χ0n) is 49.3. The molecule has 0 saturated carbocycles. The number of para-hydroxylation sites is 2. The molecule has 0 spiro atoms. The van der Waals surface area contributed by atoms with Crippen molar-refractivity contribution in [2.45, 2.75) is 162 Å². The zero-order valence-corrected chi connectivity index (χ0v) is 49.3. The quantitative estimate of drug-likeness (QED) is 0.115. The van der Waals surface area contributed by atoms with E-state index >= 15 is 0 Å². The third kappa shape index (κ3) is 9.45. The van der Waals surface area contributed by atoms with Gasteiger partial charge in [-0.25, -0.2) is 4.98 Å². The maximum atomic E-state index is 7.46. The van der Waals surface area contributed by atoms with E-state index in [0.717, 1.165) is 45.7 Å². The highest BCUT2D eigenvalue weighted by Crippen LogP contribution is 2.57. The Hall–Kier alpha value is -7.24. The fourth-order valence-corrected chi connectivity index (χ4v) is 12.8. The Morgan fingerprint density at radius 3 is 1.58 bits per heavy atom. The first-order chi connectivity index (χ1) is 37.0. The number of ether oxygens (including phenoxy) is 1. The largest absolute Gasteiger partial charge is 0.457 e. The highest BCUT2D eigenvalue weighted by atomic mass is 16.5. The molecule has 2 aliphatic heterocycles. The van der Waals surface area contributed by atoms with Crippen molar-refractivity contribution in [3.05, 3.63) is 232 Å². The normalized spacial score (nSPS) is 16.8. The molecule has 0 aliphatic carbocycles. The van der Waals surface area contributed by atoms with Crippen LogP contribution in [0.4, 0.5) is 22.9 Å². The maximum absolute atomic E-state index is 7.46. The predicted molar refractivity (Wildman–Crippen MR) is 331 cm³/mol. The van der Waals surface area contributed by atoms with Crippen LogP contribution in [0.5, 0.6) is 11.5 Å². The Balaban J connectivity index is 1.24. The molecule has 0 N–H and O–H groups in total. The minimum atomic E-state index is -0.626. The second-order valence-electron chi connectivity index (χ2n) is 25.6. The third-order valence-corrected chi connectivity index (χ3v) is 17.3. The van der Waals surface area contributed by atoms with Gasteiger partial charge in [0.05, 0.1) is 28.1 Å². The Labute approximate surface area is 467 Å². The molecule has 0 radical (unpaired) electrons. The van der Waals surface area contributed by atoms with Crippen molar-refractivity contribution in [1.82, 2.24) is 4.98 Å². The van der Waals surface area contributed by atoms with Crippen LogP contribution in [0.3, 0.4) is 0 Å². The van der Waals surface area contributed by atoms with E-state index in [-0.39, 0.29) is 40.4 Å². The number of amidine groups is 1. The Morgan fingerprint density at radius 2 is 1.01 bits per heavy atom.